The summed E-state index contributed by atoms with van der Waals surface area (Å²) in [6.07, 6.45) is 4.48. The fourth-order valence-electron chi connectivity index (χ4n) is 4.19. The Morgan fingerprint density at radius 2 is 2.15 bits per heavy atom. The molecule has 2 atom stereocenters. The van der Waals surface area contributed by atoms with Crippen LogP contribution in [0.2, 0.25) is 0 Å². The molecular weight excluding hydrogens is 366 g/mol. The third kappa shape index (κ3) is 5.14. The van der Waals surface area contributed by atoms with Crippen molar-refractivity contribution in [1.82, 2.24) is 16.0 Å². The monoisotopic (exact) mass is 395 g/mol. The number of nitrogens with one attached hydrogen (secondary N) is 3. The van der Waals surface area contributed by atoms with E-state index in [0.717, 1.165) is 37.9 Å². The van der Waals surface area contributed by atoms with E-state index in [1.165, 1.54) is 6.42 Å². The topological polar surface area (TPSA) is 79.5 Å². The van der Waals surface area contributed by atoms with Gasteiger partial charge in [0, 0.05) is 19.6 Å². The van der Waals surface area contributed by atoms with Gasteiger partial charge in [0.25, 0.3) is 5.91 Å². The molecule has 0 spiro atoms. The summed E-state index contributed by atoms with van der Waals surface area (Å²) in [5, 5.41) is 9.24. The Morgan fingerprint density at radius 3 is 2.96 bits per heavy atom. The second-order valence-corrected chi connectivity index (χ2v) is 7.30. The number of rotatable bonds is 7. The zero-order valence-electron chi connectivity index (χ0n) is 15.9. The largest absolute Gasteiger partial charge is 0.484 e. The molecule has 0 radical (unpaired) electrons. The van der Waals surface area contributed by atoms with Crippen LogP contribution in [0.4, 0.5) is 0 Å². The van der Waals surface area contributed by atoms with Crippen LogP contribution >= 0.6 is 12.4 Å². The van der Waals surface area contributed by atoms with E-state index in [9.17, 15) is 9.59 Å². The van der Waals surface area contributed by atoms with Crippen LogP contribution in [0.5, 0.6) is 5.75 Å². The number of likely N-dealkylation sites (N-methyl/N-ethyl adjacent to an activating group) is 1. The van der Waals surface area contributed by atoms with Crippen molar-refractivity contribution >= 4 is 24.2 Å². The number of amides is 2. The number of carbonyl (C=O) groups excluding carboxylic acids is 2. The Hall–Kier alpha value is -1.79. The molecule has 1 heterocycles. The van der Waals surface area contributed by atoms with Gasteiger partial charge < -0.3 is 20.7 Å². The van der Waals surface area contributed by atoms with E-state index >= 15 is 0 Å². The number of benzene rings is 1. The van der Waals surface area contributed by atoms with Crippen LogP contribution < -0.4 is 20.7 Å². The second kappa shape index (κ2) is 9.95. The molecule has 0 bridgehead atoms. The summed E-state index contributed by atoms with van der Waals surface area (Å²) in [4.78, 5) is 24.4. The van der Waals surface area contributed by atoms with E-state index in [0.29, 0.717) is 24.8 Å². The average Bonchev–Trinajstić information content (AvgIpc) is 3.10. The summed E-state index contributed by atoms with van der Waals surface area (Å²) in [5.41, 5.74) is 0.742. The molecule has 2 aliphatic rings. The van der Waals surface area contributed by atoms with Crippen molar-refractivity contribution in [2.24, 2.45) is 11.3 Å². The van der Waals surface area contributed by atoms with Crippen molar-refractivity contribution in [2.75, 3.05) is 26.2 Å². The molecule has 1 aliphatic heterocycles. The third-order valence-electron chi connectivity index (χ3n) is 5.59. The van der Waals surface area contributed by atoms with E-state index in [1.807, 2.05) is 31.2 Å². The maximum atomic E-state index is 12.9. The van der Waals surface area contributed by atoms with Crippen LogP contribution in [0.3, 0.4) is 0 Å². The van der Waals surface area contributed by atoms with Crippen LogP contribution in [0.25, 0.3) is 0 Å². The molecule has 27 heavy (non-hydrogen) atoms. The summed E-state index contributed by atoms with van der Waals surface area (Å²) in [6, 6.07) is 7.54. The van der Waals surface area contributed by atoms with Crippen molar-refractivity contribution in [3.63, 3.8) is 0 Å². The highest BCUT2D eigenvalue weighted by molar-refractivity contribution is 5.85. The Bertz CT molecular complexity index is 655. The van der Waals surface area contributed by atoms with Gasteiger partial charge in [0.1, 0.15) is 5.75 Å². The second-order valence-electron chi connectivity index (χ2n) is 7.30. The van der Waals surface area contributed by atoms with Crippen molar-refractivity contribution < 1.29 is 14.3 Å². The highest BCUT2D eigenvalue weighted by atomic mass is 35.5. The number of hydrogen-bond donors (Lipinski definition) is 3. The molecule has 0 aromatic heterocycles. The van der Waals surface area contributed by atoms with Crippen LogP contribution in [0.1, 0.15) is 38.2 Å². The fraction of sp³-hybridized carbons (Fsp3) is 0.600. The minimum Gasteiger partial charge on any atom is -0.484 e. The summed E-state index contributed by atoms with van der Waals surface area (Å²) in [7, 11) is 0. The van der Waals surface area contributed by atoms with Crippen molar-refractivity contribution in [2.45, 2.75) is 39.2 Å². The number of hydrogen-bond acceptors (Lipinski definition) is 4. The van der Waals surface area contributed by atoms with Gasteiger partial charge in [-0.05, 0) is 49.9 Å². The SMILES string of the molecule is CCNC(=O)COc1cccc(CNC(=O)[C@@]23CCCC[C@H]2CNC3)c1.Cl. The average molecular weight is 396 g/mol. The Balaban J connectivity index is 0.00000261. The van der Waals surface area contributed by atoms with Gasteiger partial charge in [0.05, 0.1) is 5.41 Å². The predicted molar refractivity (Wildman–Crippen MR) is 107 cm³/mol. The molecule has 1 aromatic rings. The minimum atomic E-state index is -0.232. The highest BCUT2D eigenvalue weighted by Gasteiger charge is 2.49. The first-order chi connectivity index (χ1) is 12.6. The zero-order chi connectivity index (χ0) is 18.4. The van der Waals surface area contributed by atoms with E-state index in [-0.39, 0.29) is 36.2 Å². The normalized spacial score (nSPS) is 23.7. The van der Waals surface area contributed by atoms with Crippen LogP contribution in [0.15, 0.2) is 24.3 Å². The first-order valence-corrected chi connectivity index (χ1v) is 9.61. The molecule has 1 aliphatic carbocycles. The van der Waals surface area contributed by atoms with Crippen LogP contribution in [-0.4, -0.2) is 38.1 Å². The number of ether oxygens (including phenoxy) is 1. The molecule has 150 valence electrons. The van der Waals surface area contributed by atoms with Gasteiger partial charge in [-0.15, -0.1) is 12.4 Å². The van der Waals surface area contributed by atoms with Gasteiger partial charge in [-0.25, -0.2) is 0 Å². The first-order valence-electron chi connectivity index (χ1n) is 9.61. The van der Waals surface area contributed by atoms with E-state index < -0.39 is 0 Å². The van der Waals surface area contributed by atoms with E-state index in [4.69, 9.17) is 4.74 Å². The summed E-state index contributed by atoms with van der Waals surface area (Å²) < 4.78 is 5.52. The summed E-state index contributed by atoms with van der Waals surface area (Å²) in [5.74, 6) is 1.13. The Morgan fingerprint density at radius 1 is 1.30 bits per heavy atom. The predicted octanol–water partition coefficient (Wildman–Crippen LogP) is 2.02. The third-order valence-corrected chi connectivity index (χ3v) is 5.59. The number of carbonyl (C=O) groups is 2. The molecule has 1 saturated carbocycles. The molecule has 1 aromatic carbocycles. The molecule has 0 unspecified atom stereocenters. The standard InChI is InChI=1S/C20H29N3O3.ClH/c1-2-22-18(24)13-26-17-8-5-6-15(10-17)11-23-19(25)20-9-4-3-7-16(20)12-21-14-20;/h5-6,8,10,16,21H,2-4,7,9,11-14H2,1H3,(H,22,24)(H,23,25);1H/t16-,20+;/m0./s1. The fourth-order valence-corrected chi connectivity index (χ4v) is 4.19. The minimum absolute atomic E-state index is 0. The lowest BCUT2D eigenvalue weighted by Crippen LogP contribution is -2.47. The smallest absolute Gasteiger partial charge is 0.257 e. The molecule has 3 rings (SSSR count). The number of halogens is 1. The maximum absolute atomic E-state index is 12.9. The summed E-state index contributed by atoms with van der Waals surface area (Å²) in [6.45, 7) is 4.69. The molecule has 3 N–H and O–H groups in total. The maximum Gasteiger partial charge on any atom is 0.257 e. The Kier molecular flexibility index (Phi) is 7.92. The van der Waals surface area contributed by atoms with Crippen LogP contribution in [-0.2, 0) is 16.1 Å². The van der Waals surface area contributed by atoms with Gasteiger partial charge in [0.2, 0.25) is 5.91 Å². The highest BCUT2D eigenvalue weighted by Crippen LogP contribution is 2.43. The molecule has 7 heteroatoms. The lowest BCUT2D eigenvalue weighted by Gasteiger charge is -2.37. The van der Waals surface area contributed by atoms with Crippen molar-refractivity contribution in [1.29, 1.82) is 0 Å². The molecule has 1 saturated heterocycles. The van der Waals surface area contributed by atoms with Crippen molar-refractivity contribution in [3.05, 3.63) is 29.8 Å². The summed E-state index contributed by atoms with van der Waals surface area (Å²) >= 11 is 0. The Labute approximate surface area is 167 Å². The lowest BCUT2D eigenvalue weighted by atomic mass is 9.67. The van der Waals surface area contributed by atoms with Gasteiger partial charge in [-0.2, -0.15) is 0 Å². The van der Waals surface area contributed by atoms with Gasteiger partial charge >= 0.3 is 0 Å². The first kappa shape index (κ1) is 21.5. The lowest BCUT2D eigenvalue weighted by molar-refractivity contribution is -0.134. The van der Waals surface area contributed by atoms with Gasteiger partial charge in [-0.3, -0.25) is 9.59 Å². The van der Waals surface area contributed by atoms with Gasteiger partial charge in [0.15, 0.2) is 6.61 Å². The van der Waals surface area contributed by atoms with E-state index in [2.05, 4.69) is 16.0 Å². The van der Waals surface area contributed by atoms with Gasteiger partial charge in [-0.1, -0.05) is 25.0 Å². The molecular formula is C20H30ClN3O3. The van der Waals surface area contributed by atoms with Crippen molar-refractivity contribution in [3.8, 4) is 5.75 Å². The van der Waals surface area contributed by atoms with E-state index in [1.54, 1.807) is 0 Å². The quantitative estimate of drug-likeness (QED) is 0.660. The molecule has 2 fully saturated rings. The molecule has 2 amide bonds. The number of fused-ring (bicyclic) bond motifs is 1. The van der Waals surface area contributed by atoms with Crippen LogP contribution in [0, 0.1) is 11.3 Å². The zero-order valence-corrected chi connectivity index (χ0v) is 16.7. The molecule has 6 nitrogen and oxygen atoms in total.